The lowest BCUT2D eigenvalue weighted by atomic mass is 10.2. The molecule has 1 saturated heterocycles. The zero-order valence-corrected chi connectivity index (χ0v) is 17.4. The third-order valence-corrected chi connectivity index (χ3v) is 5.74. The Kier molecular flexibility index (Phi) is 4.87. The molecule has 0 radical (unpaired) electrons. The van der Waals surface area contributed by atoms with Crippen LogP contribution in [0, 0.1) is 0 Å². The van der Waals surface area contributed by atoms with E-state index in [-0.39, 0.29) is 37.4 Å². The minimum absolute atomic E-state index is 0.0230. The summed E-state index contributed by atoms with van der Waals surface area (Å²) < 4.78 is 8.81. The Morgan fingerprint density at radius 1 is 1.22 bits per heavy atom. The maximum atomic E-state index is 13.2. The van der Waals surface area contributed by atoms with E-state index >= 15 is 0 Å². The molecular weight excluding hydrogens is 414 g/mol. The number of aromatic nitrogens is 6. The fraction of sp³-hybridized carbons (Fsp3) is 0.350. The van der Waals surface area contributed by atoms with Crippen LogP contribution in [0.5, 0.6) is 0 Å². The van der Waals surface area contributed by atoms with Gasteiger partial charge in [0.2, 0.25) is 11.9 Å². The first-order valence-electron chi connectivity index (χ1n) is 10.1. The number of aliphatic hydroxyl groups excluding tert-OH is 1. The van der Waals surface area contributed by atoms with E-state index in [0.717, 1.165) is 11.0 Å². The van der Waals surface area contributed by atoms with Crippen molar-refractivity contribution < 1.29 is 14.6 Å². The quantitative estimate of drug-likeness (QED) is 0.388. The number of methoxy groups -OCH3 is 1. The van der Waals surface area contributed by atoms with Crippen LogP contribution >= 0.6 is 0 Å². The number of carbonyl (C=O) groups is 1. The molecule has 1 aliphatic heterocycles. The van der Waals surface area contributed by atoms with Gasteiger partial charge in [-0.05, 0) is 12.1 Å². The van der Waals surface area contributed by atoms with Gasteiger partial charge in [0.1, 0.15) is 24.5 Å². The van der Waals surface area contributed by atoms with E-state index in [1.54, 1.807) is 16.6 Å². The monoisotopic (exact) mass is 437 g/mol. The molecule has 5 rings (SSSR count). The first-order valence-corrected chi connectivity index (χ1v) is 10.1. The van der Waals surface area contributed by atoms with Crippen LogP contribution in [0.3, 0.4) is 0 Å². The molecule has 1 aromatic carbocycles. The number of likely N-dealkylation sites (tertiary alicyclic amines) is 1. The second kappa shape index (κ2) is 7.73. The van der Waals surface area contributed by atoms with Crippen LogP contribution in [0.2, 0.25) is 0 Å². The number of nitrogens with zero attached hydrogens (tertiary/aromatic N) is 7. The van der Waals surface area contributed by atoms with Gasteiger partial charge in [0.15, 0.2) is 11.5 Å². The Bertz CT molecular complexity index is 1310. The van der Waals surface area contributed by atoms with Crippen molar-refractivity contribution in [3.8, 4) is 0 Å². The zero-order valence-electron chi connectivity index (χ0n) is 17.4. The van der Waals surface area contributed by atoms with Crippen LogP contribution < -0.4 is 11.5 Å². The summed E-state index contributed by atoms with van der Waals surface area (Å²) in [6.45, 7) is 0.856. The average molecular weight is 437 g/mol. The van der Waals surface area contributed by atoms with E-state index in [2.05, 4.69) is 19.9 Å². The Labute approximate surface area is 182 Å². The van der Waals surface area contributed by atoms with E-state index in [1.807, 2.05) is 28.8 Å². The SMILES string of the molecule is COCc1nc2ccccc2n1CC(=O)N1C[C@H](O)[C@@H](n2cnc3c(N)nc(N)nc32)C1. The summed E-state index contributed by atoms with van der Waals surface area (Å²) >= 11 is 0. The number of hydrogen-bond donors (Lipinski definition) is 3. The Hall–Kier alpha value is -3.77. The summed E-state index contributed by atoms with van der Waals surface area (Å²) in [5.74, 6) is 0.728. The normalized spacial score (nSPS) is 18.8. The molecule has 166 valence electrons. The Morgan fingerprint density at radius 2 is 2.03 bits per heavy atom. The molecule has 0 saturated carbocycles. The lowest BCUT2D eigenvalue weighted by Crippen LogP contribution is -2.33. The lowest BCUT2D eigenvalue weighted by Gasteiger charge is -2.18. The van der Waals surface area contributed by atoms with Crippen LogP contribution in [-0.2, 0) is 22.7 Å². The highest BCUT2D eigenvalue weighted by Crippen LogP contribution is 2.28. The summed E-state index contributed by atoms with van der Waals surface area (Å²) in [5.41, 5.74) is 14.1. The molecule has 0 unspecified atom stereocenters. The van der Waals surface area contributed by atoms with Crippen LogP contribution in [0.1, 0.15) is 11.9 Å². The number of ether oxygens (including phenoxy) is 1. The highest BCUT2D eigenvalue weighted by molar-refractivity contribution is 5.83. The molecule has 1 amide bonds. The first kappa shape index (κ1) is 20.2. The van der Waals surface area contributed by atoms with Crippen LogP contribution in [-0.4, -0.2) is 71.3 Å². The minimum atomic E-state index is -0.799. The summed E-state index contributed by atoms with van der Waals surface area (Å²) in [6.07, 6.45) is 0.739. The van der Waals surface area contributed by atoms with Gasteiger partial charge in [-0.2, -0.15) is 9.97 Å². The number of anilines is 2. The fourth-order valence-electron chi connectivity index (χ4n) is 4.22. The van der Waals surface area contributed by atoms with Crippen molar-refractivity contribution in [2.45, 2.75) is 25.3 Å². The molecule has 0 aliphatic carbocycles. The minimum Gasteiger partial charge on any atom is -0.389 e. The Balaban J connectivity index is 1.41. The largest absolute Gasteiger partial charge is 0.389 e. The zero-order chi connectivity index (χ0) is 22.4. The second-order valence-electron chi connectivity index (χ2n) is 7.76. The molecule has 5 N–H and O–H groups in total. The average Bonchev–Trinajstić information content (AvgIpc) is 3.44. The van der Waals surface area contributed by atoms with Crippen molar-refractivity contribution in [1.29, 1.82) is 0 Å². The highest BCUT2D eigenvalue weighted by atomic mass is 16.5. The predicted octanol–water partition coefficient (Wildman–Crippen LogP) is -0.0688. The van der Waals surface area contributed by atoms with E-state index in [0.29, 0.717) is 23.5 Å². The van der Waals surface area contributed by atoms with Gasteiger partial charge in [0.25, 0.3) is 0 Å². The molecule has 3 aromatic heterocycles. The van der Waals surface area contributed by atoms with Crippen molar-refractivity contribution in [1.82, 2.24) is 34.0 Å². The van der Waals surface area contributed by atoms with Crippen molar-refractivity contribution in [3.05, 3.63) is 36.4 Å². The first-order chi connectivity index (χ1) is 15.5. The van der Waals surface area contributed by atoms with Gasteiger partial charge >= 0.3 is 0 Å². The van der Waals surface area contributed by atoms with Crippen molar-refractivity contribution in [2.24, 2.45) is 0 Å². The van der Waals surface area contributed by atoms with Gasteiger partial charge in [0, 0.05) is 20.2 Å². The van der Waals surface area contributed by atoms with Gasteiger partial charge in [0.05, 0.1) is 29.5 Å². The predicted molar refractivity (Wildman–Crippen MR) is 116 cm³/mol. The molecule has 12 heteroatoms. The number of fused-ring (bicyclic) bond motifs is 2. The molecule has 32 heavy (non-hydrogen) atoms. The molecule has 0 spiro atoms. The number of para-hydroxylation sites is 2. The molecule has 0 bridgehead atoms. The molecule has 1 aliphatic rings. The van der Waals surface area contributed by atoms with E-state index in [4.69, 9.17) is 16.2 Å². The van der Waals surface area contributed by atoms with Crippen molar-refractivity contribution in [2.75, 3.05) is 31.7 Å². The summed E-state index contributed by atoms with van der Waals surface area (Å²) in [7, 11) is 1.59. The summed E-state index contributed by atoms with van der Waals surface area (Å²) in [5, 5.41) is 10.7. The molecule has 2 atom stereocenters. The van der Waals surface area contributed by atoms with Crippen LogP contribution in [0.15, 0.2) is 30.6 Å². The number of hydrogen-bond acceptors (Lipinski definition) is 9. The van der Waals surface area contributed by atoms with Gasteiger partial charge in [-0.25, -0.2) is 9.97 Å². The molecule has 4 aromatic rings. The van der Waals surface area contributed by atoms with Crippen molar-refractivity contribution >= 4 is 39.9 Å². The number of amides is 1. The summed E-state index contributed by atoms with van der Waals surface area (Å²) in [6, 6.07) is 7.19. The number of carbonyl (C=O) groups excluding carboxylic acids is 1. The molecule has 12 nitrogen and oxygen atoms in total. The van der Waals surface area contributed by atoms with Crippen LogP contribution in [0.25, 0.3) is 22.2 Å². The third kappa shape index (κ3) is 3.29. The number of β-amino-alcohol motifs (C(OH)–C–C–N with tert-alkyl or cyclic N) is 1. The Morgan fingerprint density at radius 3 is 2.84 bits per heavy atom. The standard InChI is InChI=1S/C20H23N9O3/c1-32-9-15-24-11-4-2-3-5-12(11)28(15)8-16(31)27-6-13(14(30)7-27)29-10-23-17-18(21)25-20(22)26-19(17)29/h2-5,10,13-14,30H,6-9H2,1H3,(H4,21,22,25,26)/t13-,14-/m0/s1. The van der Waals surface area contributed by atoms with Gasteiger partial charge in [-0.3, -0.25) is 4.79 Å². The van der Waals surface area contributed by atoms with Gasteiger partial charge in [-0.15, -0.1) is 0 Å². The maximum absolute atomic E-state index is 13.2. The fourth-order valence-corrected chi connectivity index (χ4v) is 4.22. The molecule has 4 heterocycles. The number of nitrogen functional groups attached to an aromatic ring is 2. The van der Waals surface area contributed by atoms with Crippen LogP contribution in [0.4, 0.5) is 11.8 Å². The number of aliphatic hydroxyl groups is 1. The second-order valence-corrected chi connectivity index (χ2v) is 7.76. The smallest absolute Gasteiger partial charge is 0.242 e. The topological polar surface area (TPSA) is 163 Å². The van der Waals surface area contributed by atoms with Gasteiger partial charge < -0.3 is 35.3 Å². The van der Waals surface area contributed by atoms with E-state index in [9.17, 15) is 9.90 Å². The number of nitrogens with two attached hydrogens (primary N) is 2. The number of imidazole rings is 2. The summed E-state index contributed by atoms with van der Waals surface area (Å²) in [4.78, 5) is 31.8. The number of rotatable bonds is 5. The van der Waals surface area contributed by atoms with Crippen molar-refractivity contribution in [3.63, 3.8) is 0 Å². The lowest BCUT2D eigenvalue weighted by molar-refractivity contribution is -0.131. The third-order valence-electron chi connectivity index (χ3n) is 5.74. The van der Waals surface area contributed by atoms with Gasteiger partial charge in [-0.1, -0.05) is 12.1 Å². The maximum Gasteiger partial charge on any atom is 0.242 e. The molecular formula is C20H23N9O3. The number of benzene rings is 1. The molecule has 1 fully saturated rings. The van der Waals surface area contributed by atoms with E-state index in [1.165, 1.54) is 6.33 Å². The van der Waals surface area contributed by atoms with E-state index < -0.39 is 12.1 Å². The highest BCUT2D eigenvalue weighted by Gasteiger charge is 2.36.